The Labute approximate surface area is 165 Å². The van der Waals surface area contributed by atoms with Crippen molar-refractivity contribution in [3.8, 4) is 5.69 Å². The molecule has 6 heteroatoms. The van der Waals surface area contributed by atoms with Crippen LogP contribution in [0.3, 0.4) is 0 Å². The Hall–Kier alpha value is -2.89. The number of hydrogen-bond acceptors (Lipinski definition) is 3. The Morgan fingerprint density at radius 2 is 1.93 bits per heavy atom. The van der Waals surface area contributed by atoms with Crippen molar-refractivity contribution in [1.29, 1.82) is 0 Å². The number of aromatic nitrogens is 4. The number of carbonyl (C=O) groups is 1. The van der Waals surface area contributed by atoms with Crippen LogP contribution in [-0.2, 0) is 6.42 Å². The highest BCUT2D eigenvalue weighted by Gasteiger charge is 2.36. The van der Waals surface area contributed by atoms with Gasteiger partial charge in [0.05, 0.1) is 35.4 Å². The van der Waals surface area contributed by atoms with Crippen LogP contribution in [0.4, 0.5) is 0 Å². The number of nitrogens with zero attached hydrogens (tertiary/aromatic N) is 4. The largest absolute Gasteiger partial charge is 0.345 e. The average molecular weight is 377 g/mol. The third-order valence-electron chi connectivity index (χ3n) is 5.38. The Morgan fingerprint density at radius 1 is 1.18 bits per heavy atom. The summed E-state index contributed by atoms with van der Waals surface area (Å²) in [5.41, 5.74) is 3.98. The van der Waals surface area contributed by atoms with E-state index in [4.69, 9.17) is 0 Å². The number of amides is 1. The average Bonchev–Trinajstić information content (AvgIpc) is 3.29. The lowest BCUT2D eigenvalue weighted by molar-refractivity contribution is 0.0919. The molecule has 6 nitrogen and oxygen atoms in total. The minimum Gasteiger partial charge on any atom is -0.345 e. The van der Waals surface area contributed by atoms with Gasteiger partial charge in [-0.05, 0) is 44.2 Å². The van der Waals surface area contributed by atoms with E-state index in [1.54, 1.807) is 10.9 Å². The van der Waals surface area contributed by atoms with Gasteiger partial charge in [-0.15, -0.1) is 0 Å². The molecule has 1 aromatic carbocycles. The van der Waals surface area contributed by atoms with Crippen LogP contribution >= 0.6 is 0 Å². The van der Waals surface area contributed by atoms with Gasteiger partial charge in [0, 0.05) is 17.8 Å². The number of rotatable bonds is 4. The molecule has 0 radical (unpaired) electrons. The number of fused-ring (bicyclic) bond motifs is 1. The van der Waals surface area contributed by atoms with Crippen LogP contribution < -0.4 is 5.32 Å². The van der Waals surface area contributed by atoms with Gasteiger partial charge < -0.3 is 5.32 Å². The van der Waals surface area contributed by atoms with E-state index in [0.717, 1.165) is 24.1 Å². The quantitative estimate of drug-likeness (QED) is 0.745. The molecule has 146 valence electrons. The summed E-state index contributed by atoms with van der Waals surface area (Å²) in [7, 11) is 0. The first-order valence-corrected chi connectivity index (χ1v) is 9.81. The number of para-hydroxylation sites is 1. The van der Waals surface area contributed by atoms with Gasteiger partial charge in [-0.1, -0.05) is 32.0 Å². The van der Waals surface area contributed by atoms with Gasteiger partial charge in [-0.2, -0.15) is 10.2 Å². The minimum atomic E-state index is -0.0898. The minimum absolute atomic E-state index is 0.0638. The van der Waals surface area contributed by atoms with E-state index in [-0.39, 0.29) is 23.4 Å². The van der Waals surface area contributed by atoms with Crippen LogP contribution in [0.2, 0.25) is 0 Å². The first-order valence-electron chi connectivity index (χ1n) is 9.81. The van der Waals surface area contributed by atoms with Crippen molar-refractivity contribution in [2.75, 3.05) is 0 Å². The lowest BCUT2D eigenvalue weighted by atomic mass is 9.74. The highest BCUT2D eigenvalue weighted by Crippen LogP contribution is 2.41. The zero-order valence-electron chi connectivity index (χ0n) is 16.9. The summed E-state index contributed by atoms with van der Waals surface area (Å²) in [6, 6.07) is 10.3. The fourth-order valence-corrected chi connectivity index (χ4v) is 3.94. The molecule has 4 rings (SSSR count). The van der Waals surface area contributed by atoms with Crippen molar-refractivity contribution >= 4 is 5.91 Å². The second-order valence-electron chi connectivity index (χ2n) is 8.67. The van der Waals surface area contributed by atoms with E-state index in [2.05, 4.69) is 41.5 Å². The fourth-order valence-electron chi connectivity index (χ4n) is 3.94. The molecular formula is C22H27N5O. The predicted molar refractivity (Wildman–Crippen MR) is 108 cm³/mol. The number of carbonyl (C=O) groups excluding carboxylic acids is 1. The van der Waals surface area contributed by atoms with E-state index in [1.807, 2.05) is 49.1 Å². The summed E-state index contributed by atoms with van der Waals surface area (Å²) in [5.74, 6) is -0.0898. The molecule has 28 heavy (non-hydrogen) atoms. The van der Waals surface area contributed by atoms with Crippen molar-refractivity contribution in [3.05, 3.63) is 65.7 Å². The van der Waals surface area contributed by atoms with E-state index in [1.165, 1.54) is 5.69 Å². The summed E-state index contributed by atoms with van der Waals surface area (Å²) < 4.78 is 3.81. The Kier molecular flexibility index (Phi) is 4.57. The van der Waals surface area contributed by atoms with Gasteiger partial charge >= 0.3 is 0 Å². The van der Waals surface area contributed by atoms with E-state index in [9.17, 15) is 4.79 Å². The van der Waals surface area contributed by atoms with E-state index < -0.39 is 0 Å². The molecule has 0 unspecified atom stereocenters. The lowest BCUT2D eigenvalue weighted by Crippen LogP contribution is -2.36. The van der Waals surface area contributed by atoms with Crippen LogP contribution in [0.25, 0.3) is 5.69 Å². The van der Waals surface area contributed by atoms with Gasteiger partial charge in [-0.3, -0.25) is 9.48 Å². The molecule has 1 aliphatic carbocycles. The molecule has 0 bridgehead atoms. The van der Waals surface area contributed by atoms with Gasteiger partial charge in [0.1, 0.15) is 0 Å². The van der Waals surface area contributed by atoms with Crippen molar-refractivity contribution < 1.29 is 4.79 Å². The highest BCUT2D eigenvalue weighted by atomic mass is 16.1. The highest BCUT2D eigenvalue weighted by molar-refractivity contribution is 5.94. The maximum Gasteiger partial charge on any atom is 0.254 e. The molecule has 1 N–H and O–H groups in total. The molecule has 0 saturated carbocycles. The van der Waals surface area contributed by atoms with Crippen LogP contribution in [0, 0.1) is 5.41 Å². The number of benzene rings is 1. The van der Waals surface area contributed by atoms with Crippen molar-refractivity contribution in [2.24, 2.45) is 5.41 Å². The lowest BCUT2D eigenvalue weighted by Gasteiger charge is -2.35. The predicted octanol–water partition coefficient (Wildman–Crippen LogP) is 4.09. The van der Waals surface area contributed by atoms with E-state index in [0.29, 0.717) is 5.56 Å². The van der Waals surface area contributed by atoms with Crippen molar-refractivity contribution in [2.45, 2.75) is 52.6 Å². The molecule has 0 saturated heterocycles. The summed E-state index contributed by atoms with van der Waals surface area (Å²) in [6.45, 7) is 8.58. The molecule has 0 fully saturated rings. The maximum absolute atomic E-state index is 12.9. The second kappa shape index (κ2) is 6.93. The standard InChI is InChI=1S/C22H27N5O/c1-15(2)26-14-16(12-23-26)21(28)25-19-10-22(3,4)11-20-18(19)13-24-27(20)17-8-6-5-7-9-17/h5-9,12-15,19H,10-11H2,1-4H3,(H,25,28)/t19-/m1/s1. The Bertz CT molecular complexity index is 984. The molecule has 1 amide bonds. The first kappa shape index (κ1) is 18.5. The smallest absolute Gasteiger partial charge is 0.254 e. The van der Waals surface area contributed by atoms with Gasteiger partial charge in [0.2, 0.25) is 0 Å². The Morgan fingerprint density at radius 3 is 2.61 bits per heavy atom. The second-order valence-corrected chi connectivity index (χ2v) is 8.67. The zero-order valence-corrected chi connectivity index (χ0v) is 16.9. The summed E-state index contributed by atoms with van der Waals surface area (Å²) in [4.78, 5) is 12.9. The van der Waals surface area contributed by atoms with Crippen LogP contribution in [0.5, 0.6) is 0 Å². The monoisotopic (exact) mass is 377 g/mol. The first-order chi connectivity index (χ1) is 13.3. The third-order valence-corrected chi connectivity index (χ3v) is 5.38. The third kappa shape index (κ3) is 3.46. The summed E-state index contributed by atoms with van der Waals surface area (Å²) in [6.07, 6.45) is 7.15. The maximum atomic E-state index is 12.9. The fraction of sp³-hybridized carbons (Fsp3) is 0.409. The topological polar surface area (TPSA) is 64.7 Å². The normalized spacial score (nSPS) is 18.1. The molecule has 1 aliphatic rings. The SMILES string of the molecule is CC(C)n1cc(C(=O)N[C@@H]2CC(C)(C)Cc3c2cnn3-c2ccccc2)cn1. The summed E-state index contributed by atoms with van der Waals surface area (Å²) in [5, 5.41) is 12.1. The zero-order chi connectivity index (χ0) is 19.9. The number of hydrogen-bond donors (Lipinski definition) is 1. The molecule has 0 aliphatic heterocycles. The van der Waals surface area contributed by atoms with Gasteiger partial charge in [-0.25, -0.2) is 4.68 Å². The molecule has 1 atom stereocenters. The summed E-state index contributed by atoms with van der Waals surface area (Å²) >= 11 is 0. The molecular weight excluding hydrogens is 350 g/mol. The van der Waals surface area contributed by atoms with Crippen LogP contribution in [-0.4, -0.2) is 25.5 Å². The van der Waals surface area contributed by atoms with Crippen molar-refractivity contribution in [1.82, 2.24) is 24.9 Å². The Balaban J connectivity index is 1.64. The molecule has 2 aromatic heterocycles. The molecule has 2 heterocycles. The van der Waals surface area contributed by atoms with Crippen LogP contribution in [0.1, 0.15) is 67.8 Å². The molecule has 0 spiro atoms. The molecule has 3 aromatic rings. The number of nitrogens with one attached hydrogen (secondary N) is 1. The van der Waals surface area contributed by atoms with Gasteiger partial charge in [0.25, 0.3) is 5.91 Å². The van der Waals surface area contributed by atoms with Crippen molar-refractivity contribution in [3.63, 3.8) is 0 Å². The van der Waals surface area contributed by atoms with Crippen LogP contribution in [0.15, 0.2) is 48.9 Å². The van der Waals surface area contributed by atoms with Gasteiger partial charge in [0.15, 0.2) is 0 Å². The van der Waals surface area contributed by atoms with E-state index >= 15 is 0 Å².